The largest absolute Gasteiger partial charge is 0.328 e. The number of rotatable bonds is 5. The number of fused-ring (bicyclic) bond motifs is 1. The van der Waals surface area contributed by atoms with Crippen molar-refractivity contribution in [2.45, 2.75) is 18.9 Å². The second kappa shape index (κ2) is 6.96. The Kier molecular flexibility index (Phi) is 4.35. The van der Waals surface area contributed by atoms with Gasteiger partial charge in [0.2, 0.25) is 0 Å². The average Bonchev–Trinajstić information content (AvgIpc) is 3.36. The summed E-state index contributed by atoms with van der Waals surface area (Å²) in [4.78, 5) is 23.6. The van der Waals surface area contributed by atoms with Gasteiger partial charge in [0.15, 0.2) is 0 Å². The molecule has 5 nitrogen and oxygen atoms in total. The molecular weight excluding hydrogens is 324 g/mol. The Morgan fingerprint density at radius 3 is 3.00 bits per heavy atom. The lowest BCUT2D eigenvalue weighted by atomic mass is 10.1. The highest BCUT2D eigenvalue weighted by Crippen LogP contribution is 2.36. The highest BCUT2D eigenvalue weighted by atomic mass is 16.2. The van der Waals surface area contributed by atoms with Gasteiger partial charge < -0.3 is 4.90 Å². The summed E-state index contributed by atoms with van der Waals surface area (Å²) < 4.78 is 1.79. The monoisotopic (exact) mass is 344 g/mol. The molecule has 0 spiro atoms. The van der Waals surface area contributed by atoms with Gasteiger partial charge in [-0.15, -0.1) is 6.58 Å². The van der Waals surface area contributed by atoms with Crippen molar-refractivity contribution in [1.82, 2.24) is 19.4 Å². The maximum Gasteiger partial charge on any atom is 0.254 e. The lowest BCUT2D eigenvalue weighted by Gasteiger charge is -2.29. The van der Waals surface area contributed by atoms with E-state index in [1.165, 1.54) is 11.1 Å². The Hall–Kier alpha value is -3.21. The van der Waals surface area contributed by atoms with Crippen LogP contribution in [0, 0.1) is 0 Å². The number of hydrogen-bond donors (Lipinski definition) is 0. The summed E-state index contributed by atoms with van der Waals surface area (Å²) in [7, 11) is 0. The van der Waals surface area contributed by atoms with Gasteiger partial charge in [-0.3, -0.25) is 9.36 Å². The molecule has 5 heteroatoms. The molecule has 1 atom stereocenters. The molecule has 2 heterocycles. The van der Waals surface area contributed by atoms with E-state index in [1.807, 2.05) is 17.2 Å². The number of hydrogen-bond acceptors (Lipinski definition) is 3. The highest BCUT2D eigenvalue weighted by molar-refractivity contribution is 5.95. The average molecular weight is 344 g/mol. The van der Waals surface area contributed by atoms with E-state index >= 15 is 0 Å². The summed E-state index contributed by atoms with van der Waals surface area (Å²) in [6.07, 6.45) is 10.6. The minimum Gasteiger partial charge on any atom is -0.328 e. The van der Waals surface area contributed by atoms with Crippen molar-refractivity contribution < 1.29 is 4.79 Å². The van der Waals surface area contributed by atoms with Crippen molar-refractivity contribution in [3.05, 3.63) is 90.7 Å². The first kappa shape index (κ1) is 16.3. The summed E-state index contributed by atoms with van der Waals surface area (Å²) in [5.74, 6) is 0.675. The van der Waals surface area contributed by atoms with Gasteiger partial charge in [0.05, 0.1) is 6.04 Å². The Morgan fingerprint density at radius 1 is 1.31 bits per heavy atom. The van der Waals surface area contributed by atoms with Gasteiger partial charge >= 0.3 is 0 Å². The second-order valence-electron chi connectivity index (χ2n) is 6.37. The number of carbonyl (C=O) groups is 1. The van der Waals surface area contributed by atoms with Gasteiger partial charge in [0, 0.05) is 30.7 Å². The molecule has 1 aliphatic carbocycles. The lowest BCUT2D eigenvalue weighted by Crippen LogP contribution is -2.34. The number of imidazole rings is 1. The van der Waals surface area contributed by atoms with Crippen LogP contribution in [0.2, 0.25) is 0 Å². The van der Waals surface area contributed by atoms with Gasteiger partial charge in [0.25, 0.3) is 5.91 Å². The molecule has 1 aliphatic rings. The minimum atomic E-state index is -0.00429. The SMILES string of the molecule is C=CCN(C(=O)c1ccnc(-n2ccnc2)c1)C1CCc2ccccc21. The molecule has 0 radical (unpaired) electrons. The molecule has 0 fully saturated rings. The van der Waals surface area contributed by atoms with Crippen LogP contribution in [0.15, 0.2) is 74.0 Å². The van der Waals surface area contributed by atoms with Crippen molar-refractivity contribution in [2.24, 2.45) is 0 Å². The van der Waals surface area contributed by atoms with Gasteiger partial charge in [-0.1, -0.05) is 30.3 Å². The number of carbonyl (C=O) groups excluding carboxylic acids is 1. The maximum atomic E-state index is 13.3. The molecule has 26 heavy (non-hydrogen) atoms. The molecule has 0 saturated carbocycles. The third-order valence-electron chi connectivity index (χ3n) is 4.83. The fourth-order valence-electron chi connectivity index (χ4n) is 3.60. The summed E-state index contributed by atoms with van der Waals surface area (Å²) in [6, 6.07) is 12.0. The zero-order valence-electron chi connectivity index (χ0n) is 14.5. The van der Waals surface area contributed by atoms with E-state index in [4.69, 9.17) is 0 Å². The van der Waals surface area contributed by atoms with E-state index in [1.54, 1.807) is 41.5 Å². The van der Waals surface area contributed by atoms with Crippen LogP contribution >= 0.6 is 0 Å². The number of aryl methyl sites for hydroxylation is 1. The normalized spacial score (nSPS) is 15.5. The molecule has 1 unspecified atom stereocenters. The van der Waals surface area contributed by atoms with E-state index in [0.29, 0.717) is 17.9 Å². The Bertz CT molecular complexity index is 933. The summed E-state index contributed by atoms with van der Waals surface area (Å²) in [6.45, 7) is 4.36. The molecule has 4 rings (SSSR count). The highest BCUT2D eigenvalue weighted by Gasteiger charge is 2.30. The number of pyridine rings is 1. The van der Waals surface area contributed by atoms with Gasteiger partial charge in [-0.05, 0) is 36.1 Å². The topological polar surface area (TPSA) is 51.0 Å². The predicted molar refractivity (Wildman–Crippen MR) is 100 cm³/mol. The molecule has 130 valence electrons. The molecule has 1 aromatic carbocycles. The first-order valence-electron chi connectivity index (χ1n) is 8.72. The van der Waals surface area contributed by atoms with Crippen LogP contribution in [0.1, 0.15) is 33.9 Å². The third-order valence-corrected chi connectivity index (χ3v) is 4.83. The van der Waals surface area contributed by atoms with E-state index in [2.05, 4.69) is 34.7 Å². The van der Waals surface area contributed by atoms with Crippen LogP contribution in [-0.2, 0) is 6.42 Å². The van der Waals surface area contributed by atoms with E-state index < -0.39 is 0 Å². The first-order chi connectivity index (χ1) is 12.8. The van der Waals surface area contributed by atoms with Crippen molar-refractivity contribution in [3.8, 4) is 5.82 Å². The predicted octanol–water partition coefficient (Wildman–Crippen LogP) is 3.58. The molecular formula is C21H20N4O. The molecule has 0 bridgehead atoms. The molecule has 3 aromatic rings. The number of aromatic nitrogens is 3. The zero-order valence-corrected chi connectivity index (χ0v) is 14.5. The van der Waals surface area contributed by atoms with Crippen LogP contribution in [-0.4, -0.2) is 31.9 Å². The molecule has 0 saturated heterocycles. The summed E-state index contributed by atoms with van der Waals surface area (Å²) in [5, 5.41) is 0. The van der Waals surface area contributed by atoms with Crippen LogP contribution in [0.5, 0.6) is 0 Å². The van der Waals surface area contributed by atoms with E-state index in [-0.39, 0.29) is 11.9 Å². The lowest BCUT2D eigenvalue weighted by molar-refractivity contribution is 0.0701. The van der Waals surface area contributed by atoms with Gasteiger partial charge in [-0.2, -0.15) is 0 Å². The van der Waals surface area contributed by atoms with E-state index in [0.717, 1.165) is 12.8 Å². The molecule has 2 aromatic heterocycles. The Balaban J connectivity index is 1.67. The van der Waals surface area contributed by atoms with Crippen molar-refractivity contribution >= 4 is 5.91 Å². The smallest absolute Gasteiger partial charge is 0.254 e. The Morgan fingerprint density at radius 2 is 2.19 bits per heavy atom. The number of nitrogens with zero attached hydrogens (tertiary/aromatic N) is 4. The van der Waals surface area contributed by atoms with E-state index in [9.17, 15) is 4.79 Å². The molecule has 0 aliphatic heterocycles. The fourth-order valence-corrected chi connectivity index (χ4v) is 3.60. The van der Waals surface area contributed by atoms with Crippen molar-refractivity contribution in [2.75, 3.05) is 6.54 Å². The standard InChI is InChI=1S/C21H20N4O/c1-2-12-25(19-8-7-16-5-3-4-6-18(16)19)21(26)17-9-10-23-20(14-17)24-13-11-22-15-24/h2-6,9-11,13-15,19H,1,7-8,12H2. The van der Waals surface area contributed by atoms with Crippen LogP contribution < -0.4 is 0 Å². The fraction of sp³-hybridized carbons (Fsp3) is 0.190. The second-order valence-corrected chi connectivity index (χ2v) is 6.37. The quantitative estimate of drug-likeness (QED) is 0.665. The Labute approximate surface area is 152 Å². The van der Waals surface area contributed by atoms with Gasteiger partial charge in [0.1, 0.15) is 12.1 Å². The van der Waals surface area contributed by atoms with Gasteiger partial charge in [-0.25, -0.2) is 9.97 Å². The van der Waals surface area contributed by atoms with Crippen molar-refractivity contribution in [3.63, 3.8) is 0 Å². The van der Waals surface area contributed by atoms with Crippen molar-refractivity contribution in [1.29, 1.82) is 0 Å². The molecule has 0 N–H and O–H groups in total. The first-order valence-corrected chi connectivity index (χ1v) is 8.72. The summed E-state index contributed by atoms with van der Waals surface area (Å²) >= 11 is 0. The zero-order chi connectivity index (χ0) is 17.9. The number of amides is 1. The van der Waals surface area contributed by atoms with Crippen LogP contribution in [0.3, 0.4) is 0 Å². The summed E-state index contributed by atoms with van der Waals surface area (Å²) in [5.41, 5.74) is 3.19. The van der Waals surface area contributed by atoms with Crippen LogP contribution in [0.25, 0.3) is 5.82 Å². The van der Waals surface area contributed by atoms with Crippen LogP contribution in [0.4, 0.5) is 0 Å². The molecule has 1 amide bonds. The minimum absolute atomic E-state index is 0.00429. The number of benzene rings is 1. The maximum absolute atomic E-state index is 13.3. The third kappa shape index (κ3) is 2.92.